The normalized spacial score (nSPS) is 18.6. The van der Waals surface area contributed by atoms with Crippen molar-refractivity contribution in [3.63, 3.8) is 0 Å². The number of carboxylic acids is 1. The Morgan fingerprint density at radius 3 is 2.19 bits per heavy atom. The molecule has 1 atom stereocenters. The highest BCUT2D eigenvalue weighted by molar-refractivity contribution is 5.76. The largest absolute Gasteiger partial charge is 0.481 e. The van der Waals surface area contributed by atoms with E-state index in [1.54, 1.807) is 0 Å². The molecule has 0 saturated heterocycles. The van der Waals surface area contributed by atoms with Crippen LogP contribution in [0, 0.1) is 11.8 Å². The zero-order valence-electron chi connectivity index (χ0n) is 13.4. The average molecular weight is 298 g/mol. The minimum absolute atomic E-state index is 0.200. The van der Waals surface area contributed by atoms with E-state index in [9.17, 15) is 9.59 Å². The number of carbonyl (C=O) groups excluding carboxylic acids is 1. The summed E-state index contributed by atoms with van der Waals surface area (Å²) in [5.41, 5.74) is 0. The van der Waals surface area contributed by atoms with Gasteiger partial charge in [0.1, 0.15) is 0 Å². The van der Waals surface area contributed by atoms with E-state index in [0.29, 0.717) is 12.3 Å². The standard InChI is InChI=1S/C16H30N2O3/c1-12(2)10-13(15(19)20)11-17-16(21)18-14-8-6-4-3-5-7-9-14/h12-14H,3-11H2,1-2H3,(H,19,20)(H2,17,18,21). The van der Waals surface area contributed by atoms with Gasteiger partial charge in [0, 0.05) is 12.6 Å². The van der Waals surface area contributed by atoms with E-state index < -0.39 is 11.9 Å². The summed E-state index contributed by atoms with van der Waals surface area (Å²) in [4.78, 5) is 23.1. The fourth-order valence-corrected chi connectivity index (χ4v) is 2.89. The van der Waals surface area contributed by atoms with Gasteiger partial charge in [-0.1, -0.05) is 46.0 Å². The monoisotopic (exact) mass is 298 g/mol. The molecule has 0 bridgehead atoms. The molecule has 0 spiro atoms. The Kier molecular flexibility index (Phi) is 8.16. The number of nitrogens with one attached hydrogen (secondary N) is 2. The van der Waals surface area contributed by atoms with Crippen LogP contribution in [0.4, 0.5) is 4.79 Å². The van der Waals surface area contributed by atoms with Crippen LogP contribution in [0.25, 0.3) is 0 Å². The SMILES string of the molecule is CC(C)CC(CNC(=O)NC1CCCCCCC1)C(=O)O. The average Bonchev–Trinajstić information content (AvgIpc) is 2.36. The van der Waals surface area contributed by atoms with Gasteiger partial charge in [0.25, 0.3) is 0 Å². The summed E-state index contributed by atoms with van der Waals surface area (Å²) in [6.45, 7) is 4.18. The zero-order valence-corrected chi connectivity index (χ0v) is 13.4. The number of rotatable bonds is 6. The van der Waals surface area contributed by atoms with E-state index >= 15 is 0 Å². The van der Waals surface area contributed by atoms with Gasteiger partial charge >= 0.3 is 12.0 Å². The zero-order chi connectivity index (χ0) is 15.7. The van der Waals surface area contributed by atoms with E-state index in [2.05, 4.69) is 10.6 Å². The Morgan fingerprint density at radius 2 is 1.67 bits per heavy atom. The predicted octanol–water partition coefficient (Wildman–Crippen LogP) is 3.15. The quantitative estimate of drug-likeness (QED) is 0.705. The summed E-state index contributed by atoms with van der Waals surface area (Å²) in [6.07, 6.45) is 8.76. The third kappa shape index (κ3) is 7.93. The van der Waals surface area contributed by atoms with Crippen molar-refractivity contribution in [3.8, 4) is 0 Å². The number of carboxylic acid groups (broad SMARTS) is 1. The molecule has 21 heavy (non-hydrogen) atoms. The number of urea groups is 1. The van der Waals surface area contributed by atoms with E-state index in [1.165, 1.54) is 19.3 Å². The summed E-state index contributed by atoms with van der Waals surface area (Å²) >= 11 is 0. The lowest BCUT2D eigenvalue weighted by molar-refractivity contribution is -0.142. The molecule has 0 heterocycles. The van der Waals surface area contributed by atoms with Crippen LogP contribution < -0.4 is 10.6 Å². The van der Waals surface area contributed by atoms with Gasteiger partial charge < -0.3 is 15.7 Å². The highest BCUT2D eigenvalue weighted by atomic mass is 16.4. The van der Waals surface area contributed by atoms with Crippen LogP contribution in [-0.4, -0.2) is 29.7 Å². The second-order valence-electron chi connectivity index (χ2n) is 6.56. The molecule has 1 aliphatic rings. The van der Waals surface area contributed by atoms with E-state index in [1.807, 2.05) is 13.8 Å². The van der Waals surface area contributed by atoms with Gasteiger partial charge in [-0.05, 0) is 25.2 Å². The smallest absolute Gasteiger partial charge is 0.315 e. The van der Waals surface area contributed by atoms with Crippen LogP contribution in [0.1, 0.15) is 65.2 Å². The molecule has 0 aromatic carbocycles. The molecular weight excluding hydrogens is 268 g/mol. The van der Waals surface area contributed by atoms with Crippen molar-refractivity contribution in [1.29, 1.82) is 0 Å². The van der Waals surface area contributed by atoms with Crippen LogP contribution >= 0.6 is 0 Å². The minimum Gasteiger partial charge on any atom is -0.481 e. The lowest BCUT2D eigenvalue weighted by Gasteiger charge is -2.22. The van der Waals surface area contributed by atoms with Crippen molar-refractivity contribution in [1.82, 2.24) is 10.6 Å². The second kappa shape index (κ2) is 9.64. The molecule has 5 heteroatoms. The van der Waals surface area contributed by atoms with Crippen molar-refractivity contribution in [2.45, 2.75) is 71.3 Å². The Bertz CT molecular complexity index is 323. The maximum absolute atomic E-state index is 11.9. The number of hydrogen-bond donors (Lipinski definition) is 3. The number of aliphatic carboxylic acids is 1. The molecule has 0 aromatic heterocycles. The molecule has 0 aliphatic heterocycles. The van der Waals surface area contributed by atoms with Crippen LogP contribution in [0.15, 0.2) is 0 Å². The van der Waals surface area contributed by atoms with E-state index in [4.69, 9.17) is 5.11 Å². The molecule has 1 rings (SSSR count). The van der Waals surface area contributed by atoms with Crippen LogP contribution in [0.2, 0.25) is 0 Å². The van der Waals surface area contributed by atoms with Crippen LogP contribution in [0.5, 0.6) is 0 Å². The molecule has 0 aromatic rings. The highest BCUT2D eigenvalue weighted by Crippen LogP contribution is 2.17. The number of carbonyl (C=O) groups is 2. The Hall–Kier alpha value is -1.26. The molecule has 1 saturated carbocycles. The summed E-state index contributed by atoms with van der Waals surface area (Å²) in [7, 11) is 0. The molecule has 2 amide bonds. The maximum Gasteiger partial charge on any atom is 0.315 e. The molecule has 3 N–H and O–H groups in total. The molecule has 0 radical (unpaired) electrons. The first-order chi connectivity index (χ1) is 9.99. The van der Waals surface area contributed by atoms with Crippen LogP contribution in [0.3, 0.4) is 0 Å². The molecule has 1 unspecified atom stereocenters. The van der Waals surface area contributed by atoms with Crippen molar-refractivity contribution in [2.24, 2.45) is 11.8 Å². The van der Waals surface area contributed by atoms with Crippen molar-refractivity contribution < 1.29 is 14.7 Å². The molecule has 1 fully saturated rings. The van der Waals surface area contributed by atoms with E-state index in [0.717, 1.165) is 25.7 Å². The fourth-order valence-electron chi connectivity index (χ4n) is 2.89. The molecule has 5 nitrogen and oxygen atoms in total. The highest BCUT2D eigenvalue weighted by Gasteiger charge is 2.20. The first kappa shape index (κ1) is 17.8. The first-order valence-corrected chi connectivity index (χ1v) is 8.26. The van der Waals surface area contributed by atoms with Crippen molar-refractivity contribution in [2.75, 3.05) is 6.54 Å². The lowest BCUT2D eigenvalue weighted by Crippen LogP contribution is -2.44. The third-order valence-electron chi connectivity index (χ3n) is 4.05. The maximum atomic E-state index is 11.9. The number of amides is 2. The molecule has 122 valence electrons. The Morgan fingerprint density at radius 1 is 1.10 bits per heavy atom. The van der Waals surface area contributed by atoms with Crippen molar-refractivity contribution in [3.05, 3.63) is 0 Å². The van der Waals surface area contributed by atoms with Crippen LogP contribution in [-0.2, 0) is 4.79 Å². The molecule has 1 aliphatic carbocycles. The Labute approximate surface area is 127 Å². The van der Waals surface area contributed by atoms with Gasteiger partial charge in [-0.15, -0.1) is 0 Å². The topological polar surface area (TPSA) is 78.4 Å². The summed E-state index contributed by atoms with van der Waals surface area (Å²) in [6, 6.07) is 0.00857. The molecular formula is C16H30N2O3. The Balaban J connectivity index is 2.32. The van der Waals surface area contributed by atoms with Gasteiger partial charge in [0.05, 0.1) is 5.92 Å². The van der Waals surface area contributed by atoms with Crippen molar-refractivity contribution >= 4 is 12.0 Å². The number of hydrogen-bond acceptors (Lipinski definition) is 2. The summed E-state index contributed by atoms with van der Waals surface area (Å²) in [5, 5.41) is 14.9. The second-order valence-corrected chi connectivity index (χ2v) is 6.56. The lowest BCUT2D eigenvalue weighted by atomic mass is 9.96. The van der Waals surface area contributed by atoms with E-state index in [-0.39, 0.29) is 18.6 Å². The predicted molar refractivity (Wildman–Crippen MR) is 83.2 cm³/mol. The van der Waals surface area contributed by atoms with Gasteiger partial charge in [-0.3, -0.25) is 4.79 Å². The van der Waals surface area contributed by atoms with Gasteiger partial charge in [-0.2, -0.15) is 0 Å². The first-order valence-electron chi connectivity index (χ1n) is 8.26. The fraction of sp³-hybridized carbons (Fsp3) is 0.875. The van der Waals surface area contributed by atoms with Gasteiger partial charge in [0.15, 0.2) is 0 Å². The van der Waals surface area contributed by atoms with Gasteiger partial charge in [-0.25, -0.2) is 4.79 Å². The third-order valence-corrected chi connectivity index (χ3v) is 4.05. The van der Waals surface area contributed by atoms with Gasteiger partial charge in [0.2, 0.25) is 0 Å². The summed E-state index contributed by atoms with van der Waals surface area (Å²) < 4.78 is 0. The summed E-state index contributed by atoms with van der Waals surface area (Å²) in [5.74, 6) is -1.04. The minimum atomic E-state index is -0.838.